The maximum Gasteiger partial charge on any atom is 0.206 e. The van der Waals surface area contributed by atoms with Gasteiger partial charge in [-0.2, -0.15) is 5.10 Å². The van der Waals surface area contributed by atoms with Crippen LogP contribution >= 0.6 is 11.6 Å². The maximum atomic E-state index is 12.8. The first-order chi connectivity index (χ1) is 13.5. The van der Waals surface area contributed by atoms with Crippen molar-refractivity contribution < 1.29 is 8.42 Å². The molecule has 0 radical (unpaired) electrons. The van der Waals surface area contributed by atoms with Crippen LogP contribution in [0.25, 0.3) is 11.3 Å². The number of halogens is 1. The van der Waals surface area contributed by atoms with Gasteiger partial charge in [-0.25, -0.2) is 13.4 Å². The number of H-pyrrole nitrogens is 1. The van der Waals surface area contributed by atoms with Gasteiger partial charge in [0.15, 0.2) is 5.82 Å². The summed E-state index contributed by atoms with van der Waals surface area (Å²) in [5.74, 6) is 0.782. The second kappa shape index (κ2) is 7.46. The first-order valence-corrected chi connectivity index (χ1v) is 10.2. The van der Waals surface area contributed by atoms with E-state index in [1.54, 1.807) is 18.2 Å². The number of aromatic amines is 1. The van der Waals surface area contributed by atoms with Crippen LogP contribution in [0.1, 0.15) is 0 Å². The summed E-state index contributed by atoms with van der Waals surface area (Å²) in [5.41, 5.74) is 1.80. The van der Waals surface area contributed by atoms with E-state index in [0.29, 0.717) is 5.82 Å². The Bertz CT molecular complexity index is 1210. The second-order valence-corrected chi connectivity index (χ2v) is 8.32. The molecule has 0 spiro atoms. The molecule has 2 aromatic heterocycles. The summed E-state index contributed by atoms with van der Waals surface area (Å²) >= 11 is 6.07. The van der Waals surface area contributed by atoms with Crippen molar-refractivity contribution in [1.29, 1.82) is 0 Å². The van der Waals surface area contributed by atoms with Crippen molar-refractivity contribution in [3.8, 4) is 11.3 Å². The highest BCUT2D eigenvalue weighted by molar-refractivity contribution is 7.91. The van der Waals surface area contributed by atoms with Crippen LogP contribution in [-0.2, 0) is 9.84 Å². The van der Waals surface area contributed by atoms with Crippen LogP contribution in [0.4, 0.5) is 11.6 Å². The van der Waals surface area contributed by atoms with Crippen molar-refractivity contribution in [1.82, 2.24) is 15.2 Å². The number of aromatic nitrogens is 3. The Morgan fingerprint density at radius 2 is 1.50 bits per heavy atom. The Morgan fingerprint density at radius 1 is 0.821 bits per heavy atom. The van der Waals surface area contributed by atoms with E-state index in [0.717, 1.165) is 11.3 Å². The van der Waals surface area contributed by atoms with E-state index in [2.05, 4.69) is 20.5 Å². The smallest absolute Gasteiger partial charge is 0.206 e. The molecule has 8 heteroatoms. The fourth-order valence-electron chi connectivity index (χ4n) is 2.71. The van der Waals surface area contributed by atoms with Gasteiger partial charge in [-0.1, -0.05) is 60.1 Å². The van der Waals surface area contributed by atoms with Crippen LogP contribution in [0, 0.1) is 0 Å². The van der Waals surface area contributed by atoms with Crippen LogP contribution in [0.3, 0.4) is 0 Å². The summed E-state index contributed by atoms with van der Waals surface area (Å²) in [5, 5.41) is 10.2. The lowest BCUT2D eigenvalue weighted by Crippen LogP contribution is -2.04. The average Bonchev–Trinajstić information content (AvgIpc) is 3.17. The van der Waals surface area contributed by atoms with E-state index in [4.69, 9.17) is 11.6 Å². The van der Waals surface area contributed by atoms with Crippen molar-refractivity contribution in [3.05, 3.63) is 84.0 Å². The highest BCUT2D eigenvalue weighted by Crippen LogP contribution is 2.27. The summed E-state index contributed by atoms with van der Waals surface area (Å²) in [4.78, 5) is 4.40. The zero-order valence-electron chi connectivity index (χ0n) is 14.5. The number of hydrogen-bond acceptors (Lipinski definition) is 5. The Hall–Kier alpha value is -3.16. The van der Waals surface area contributed by atoms with Gasteiger partial charge < -0.3 is 5.32 Å². The fraction of sp³-hybridized carbons (Fsp3) is 0. The van der Waals surface area contributed by atoms with Crippen LogP contribution in [-0.4, -0.2) is 23.6 Å². The quantitative estimate of drug-likeness (QED) is 0.465. The van der Waals surface area contributed by atoms with E-state index < -0.39 is 9.84 Å². The zero-order valence-corrected chi connectivity index (χ0v) is 16.1. The molecule has 140 valence electrons. The highest BCUT2D eigenvalue weighted by atomic mass is 35.5. The van der Waals surface area contributed by atoms with Gasteiger partial charge in [0.1, 0.15) is 11.0 Å². The van der Waals surface area contributed by atoms with Crippen molar-refractivity contribution >= 4 is 33.1 Å². The summed E-state index contributed by atoms with van der Waals surface area (Å²) < 4.78 is 25.7. The van der Waals surface area contributed by atoms with Crippen LogP contribution in [0.5, 0.6) is 0 Å². The first kappa shape index (κ1) is 18.2. The topological polar surface area (TPSA) is 87.7 Å². The minimum atomic E-state index is -3.71. The molecule has 4 rings (SSSR count). The highest BCUT2D eigenvalue weighted by Gasteiger charge is 2.19. The summed E-state index contributed by atoms with van der Waals surface area (Å²) in [6, 6.07) is 22.5. The molecule has 2 aromatic carbocycles. The molecule has 4 aromatic rings. The lowest BCUT2D eigenvalue weighted by Gasteiger charge is -2.08. The van der Waals surface area contributed by atoms with Crippen molar-refractivity contribution in [3.63, 3.8) is 0 Å². The van der Waals surface area contributed by atoms with E-state index in [-0.39, 0.29) is 20.8 Å². The number of benzene rings is 2. The Balaban J connectivity index is 1.65. The molecule has 6 nitrogen and oxygen atoms in total. The molecular weight excluding hydrogens is 396 g/mol. The third-order valence-electron chi connectivity index (χ3n) is 4.05. The van der Waals surface area contributed by atoms with Gasteiger partial charge in [0.25, 0.3) is 0 Å². The molecule has 0 saturated heterocycles. The van der Waals surface area contributed by atoms with Crippen molar-refractivity contribution in [2.75, 3.05) is 5.32 Å². The van der Waals surface area contributed by atoms with Gasteiger partial charge in [-0.3, -0.25) is 5.10 Å². The number of sulfone groups is 1. The lowest BCUT2D eigenvalue weighted by atomic mass is 10.2. The normalized spacial score (nSPS) is 11.3. The molecule has 0 saturated carbocycles. The third kappa shape index (κ3) is 3.76. The fourth-order valence-corrected chi connectivity index (χ4v) is 4.31. The molecular formula is C20H15ClN4O2S. The Kier molecular flexibility index (Phi) is 4.85. The van der Waals surface area contributed by atoms with Gasteiger partial charge in [-0.15, -0.1) is 0 Å². The number of hydrogen-bond donors (Lipinski definition) is 2. The molecule has 0 unspecified atom stereocenters. The molecule has 0 aliphatic carbocycles. The number of nitrogens with one attached hydrogen (secondary N) is 2. The number of pyridine rings is 1. The molecule has 0 amide bonds. The Morgan fingerprint density at radius 3 is 2.21 bits per heavy atom. The van der Waals surface area contributed by atoms with Crippen LogP contribution < -0.4 is 5.32 Å². The van der Waals surface area contributed by atoms with Crippen molar-refractivity contribution in [2.45, 2.75) is 9.79 Å². The van der Waals surface area contributed by atoms with Gasteiger partial charge in [0.05, 0.1) is 15.5 Å². The predicted octanol–water partition coefficient (Wildman–Crippen LogP) is 4.70. The molecule has 0 aliphatic heterocycles. The van der Waals surface area contributed by atoms with Gasteiger partial charge in [-0.05, 0) is 29.8 Å². The second-order valence-electron chi connectivity index (χ2n) is 5.99. The summed E-state index contributed by atoms with van der Waals surface area (Å²) in [6.45, 7) is 0. The Labute approximate surface area is 167 Å². The largest absolute Gasteiger partial charge is 0.323 e. The number of anilines is 2. The molecule has 0 aliphatic rings. The summed E-state index contributed by atoms with van der Waals surface area (Å²) in [6.07, 6.45) is 0. The minimum absolute atomic E-state index is 0.0556. The molecule has 2 heterocycles. The maximum absolute atomic E-state index is 12.8. The van der Waals surface area contributed by atoms with Gasteiger partial charge in [0, 0.05) is 6.07 Å². The predicted molar refractivity (Wildman–Crippen MR) is 108 cm³/mol. The van der Waals surface area contributed by atoms with Gasteiger partial charge in [0.2, 0.25) is 9.84 Å². The number of nitrogens with zero attached hydrogens (tertiary/aromatic N) is 2. The van der Waals surface area contributed by atoms with Crippen LogP contribution in [0.2, 0.25) is 5.15 Å². The molecule has 28 heavy (non-hydrogen) atoms. The summed E-state index contributed by atoms with van der Waals surface area (Å²) in [7, 11) is -3.71. The lowest BCUT2D eigenvalue weighted by molar-refractivity contribution is 0.596. The van der Waals surface area contributed by atoms with Crippen molar-refractivity contribution in [2.24, 2.45) is 0 Å². The number of rotatable bonds is 5. The molecule has 0 fully saturated rings. The molecule has 0 atom stereocenters. The van der Waals surface area contributed by atoms with E-state index in [9.17, 15) is 8.42 Å². The SMILES string of the molecule is O=S(=O)(c1ccccc1)c1cc(Cl)nc(Nc2cc(-c3ccccc3)[nH]n2)c1. The standard InChI is InChI=1S/C20H15ClN4O2S/c21-18-11-16(28(26,27)15-9-5-2-6-10-15)12-19(22-18)23-20-13-17(24-25-20)14-7-3-1-4-8-14/h1-13H,(H2,22,23,24,25). The van der Waals surface area contributed by atoms with E-state index >= 15 is 0 Å². The minimum Gasteiger partial charge on any atom is -0.323 e. The average molecular weight is 411 g/mol. The zero-order chi connectivity index (χ0) is 19.6. The van der Waals surface area contributed by atoms with E-state index in [1.807, 2.05) is 36.4 Å². The van der Waals surface area contributed by atoms with Gasteiger partial charge >= 0.3 is 0 Å². The molecule has 2 N–H and O–H groups in total. The molecule has 0 bridgehead atoms. The monoisotopic (exact) mass is 410 g/mol. The van der Waals surface area contributed by atoms with Crippen LogP contribution in [0.15, 0.2) is 88.7 Å². The third-order valence-corrected chi connectivity index (χ3v) is 5.99. The first-order valence-electron chi connectivity index (χ1n) is 8.38. The van der Waals surface area contributed by atoms with E-state index in [1.165, 1.54) is 24.3 Å².